The van der Waals surface area contributed by atoms with Gasteiger partial charge in [0.2, 0.25) is 0 Å². The highest BCUT2D eigenvalue weighted by molar-refractivity contribution is 6.28. The maximum atomic E-state index is 6.68. The van der Waals surface area contributed by atoms with Crippen LogP contribution in [0.25, 0.3) is 110 Å². The molecule has 0 bridgehead atoms. The van der Waals surface area contributed by atoms with Crippen LogP contribution < -0.4 is 0 Å². The van der Waals surface area contributed by atoms with E-state index in [-0.39, 0.29) is 5.92 Å². The van der Waals surface area contributed by atoms with Gasteiger partial charge in [0.25, 0.3) is 0 Å². The van der Waals surface area contributed by atoms with Crippen LogP contribution >= 0.6 is 0 Å². The van der Waals surface area contributed by atoms with Gasteiger partial charge in [-0.05, 0) is 72.4 Å². The molecule has 58 heavy (non-hydrogen) atoms. The molecule has 0 fully saturated rings. The van der Waals surface area contributed by atoms with Gasteiger partial charge in [0.15, 0.2) is 0 Å². The van der Waals surface area contributed by atoms with Gasteiger partial charge in [-0.3, -0.25) is 0 Å². The van der Waals surface area contributed by atoms with E-state index in [0.29, 0.717) is 0 Å². The molecule has 0 N–H and O–H groups in total. The van der Waals surface area contributed by atoms with Crippen molar-refractivity contribution in [2.24, 2.45) is 0 Å². The van der Waals surface area contributed by atoms with E-state index in [9.17, 15) is 0 Å². The number of fused-ring (bicyclic) bond motifs is 18. The van der Waals surface area contributed by atoms with Crippen LogP contribution in [-0.2, 0) is 6.42 Å². The summed E-state index contributed by atoms with van der Waals surface area (Å²) in [5, 5.41) is 9.97. The number of aryl methyl sites for hydroxylation is 1. The molecule has 5 aromatic heterocycles. The van der Waals surface area contributed by atoms with E-state index in [1.165, 1.54) is 99.2 Å². The lowest BCUT2D eigenvalue weighted by Crippen LogP contribution is -2.06. The van der Waals surface area contributed by atoms with Gasteiger partial charge in [-0.15, -0.1) is 0 Å². The van der Waals surface area contributed by atoms with Crippen molar-refractivity contribution < 1.29 is 8.83 Å². The maximum Gasteiger partial charge on any atom is 0.143 e. The maximum absolute atomic E-state index is 6.68. The molecule has 0 unspecified atom stereocenters. The van der Waals surface area contributed by atoms with Crippen molar-refractivity contribution in [2.75, 3.05) is 0 Å². The second-order valence-corrected chi connectivity index (χ2v) is 16.5. The zero-order valence-electron chi connectivity index (χ0n) is 31.3. The van der Waals surface area contributed by atoms with Gasteiger partial charge in [-0.1, -0.05) is 115 Å². The molecule has 1 aliphatic heterocycles. The van der Waals surface area contributed by atoms with Crippen molar-refractivity contribution in [1.29, 1.82) is 0 Å². The van der Waals surface area contributed by atoms with Crippen molar-refractivity contribution in [3.05, 3.63) is 179 Å². The Morgan fingerprint density at radius 2 is 1.34 bits per heavy atom. The van der Waals surface area contributed by atoms with Crippen molar-refractivity contribution in [2.45, 2.75) is 25.2 Å². The number of benzene rings is 7. The van der Waals surface area contributed by atoms with Crippen molar-refractivity contribution >= 4 is 93.6 Å². The molecule has 0 saturated carbocycles. The first-order chi connectivity index (χ1) is 28.8. The van der Waals surface area contributed by atoms with Crippen LogP contribution in [0.15, 0.2) is 154 Å². The summed E-state index contributed by atoms with van der Waals surface area (Å²) in [6.45, 7) is 0. The van der Waals surface area contributed by atoms with Crippen molar-refractivity contribution in [3.63, 3.8) is 0 Å². The molecule has 0 radical (unpaired) electrons. The van der Waals surface area contributed by atoms with Crippen molar-refractivity contribution in [1.82, 2.24) is 8.97 Å². The molecule has 0 amide bonds. The predicted molar refractivity (Wildman–Crippen MR) is 238 cm³/mol. The number of furan rings is 2. The summed E-state index contributed by atoms with van der Waals surface area (Å²) in [5.74, 6) is 1.27. The molecule has 15 rings (SSSR count). The third-order valence-electron chi connectivity index (χ3n) is 13.8. The Hall–Kier alpha value is -7.30. The smallest absolute Gasteiger partial charge is 0.143 e. The van der Waals surface area contributed by atoms with E-state index in [4.69, 9.17) is 8.83 Å². The zero-order chi connectivity index (χ0) is 37.4. The minimum Gasteiger partial charge on any atom is -0.456 e. The van der Waals surface area contributed by atoms with Gasteiger partial charge in [0.1, 0.15) is 22.5 Å². The van der Waals surface area contributed by atoms with Gasteiger partial charge >= 0.3 is 0 Å². The van der Waals surface area contributed by atoms with Crippen LogP contribution in [0.4, 0.5) is 0 Å². The summed E-state index contributed by atoms with van der Waals surface area (Å²) in [5.41, 5.74) is 19.5. The Morgan fingerprint density at radius 1 is 0.569 bits per heavy atom. The largest absolute Gasteiger partial charge is 0.456 e. The summed E-state index contributed by atoms with van der Waals surface area (Å²) < 4.78 is 18.4. The van der Waals surface area contributed by atoms with Crippen LogP contribution in [0.2, 0.25) is 0 Å². The summed E-state index contributed by atoms with van der Waals surface area (Å²) in [4.78, 5) is 0. The summed E-state index contributed by atoms with van der Waals surface area (Å²) in [6, 6.07) is 49.4. The fourth-order valence-corrected chi connectivity index (χ4v) is 11.5. The van der Waals surface area contributed by atoms with Gasteiger partial charge in [0.05, 0.1) is 27.8 Å². The highest BCUT2D eigenvalue weighted by Gasteiger charge is 2.39. The predicted octanol–water partition coefficient (Wildman–Crippen LogP) is 14.3. The Bertz CT molecular complexity index is 3890. The highest BCUT2D eigenvalue weighted by Crippen LogP contribution is 2.55. The average molecular weight is 741 g/mol. The van der Waals surface area contributed by atoms with E-state index in [2.05, 4.69) is 161 Å². The molecule has 6 heterocycles. The Morgan fingerprint density at radius 3 is 2.28 bits per heavy atom. The van der Waals surface area contributed by atoms with E-state index in [0.717, 1.165) is 58.1 Å². The molecule has 2 aliphatic carbocycles. The molecule has 1 atom stereocenters. The first kappa shape index (κ1) is 29.9. The first-order valence-corrected chi connectivity index (χ1v) is 20.5. The van der Waals surface area contributed by atoms with Crippen molar-refractivity contribution in [3.8, 4) is 16.8 Å². The molecule has 7 aromatic carbocycles. The van der Waals surface area contributed by atoms with Crippen LogP contribution in [0.5, 0.6) is 0 Å². The molecular formula is C54H32N2O2. The lowest BCUT2D eigenvalue weighted by Gasteiger charge is -2.21. The van der Waals surface area contributed by atoms with Crippen LogP contribution in [0.1, 0.15) is 52.5 Å². The van der Waals surface area contributed by atoms with E-state index < -0.39 is 0 Å². The quantitative estimate of drug-likeness (QED) is 0.177. The summed E-state index contributed by atoms with van der Waals surface area (Å²) in [6.07, 6.45) is 9.92. The normalized spacial score (nSPS) is 15.9. The van der Waals surface area contributed by atoms with E-state index in [1.54, 1.807) is 0 Å². The molecular weight excluding hydrogens is 709 g/mol. The number of nitrogens with zero attached hydrogens (tertiary/aromatic N) is 2. The Labute approximate surface area is 331 Å². The van der Waals surface area contributed by atoms with Gasteiger partial charge < -0.3 is 17.8 Å². The average Bonchev–Trinajstić information content (AvgIpc) is 4.12. The lowest BCUT2D eigenvalue weighted by molar-refractivity contribution is 0.594. The molecule has 3 aliphatic rings. The number of hydrogen-bond acceptors (Lipinski definition) is 2. The molecule has 12 aromatic rings. The van der Waals surface area contributed by atoms with E-state index in [1.807, 2.05) is 0 Å². The monoisotopic (exact) mass is 740 g/mol. The minimum atomic E-state index is 0.251. The third-order valence-corrected chi connectivity index (χ3v) is 13.8. The van der Waals surface area contributed by atoms with Gasteiger partial charge in [-0.2, -0.15) is 0 Å². The Kier molecular flexibility index (Phi) is 5.34. The fraction of sp³-hybridized carbons (Fsp3) is 0.0741. The number of aromatic nitrogens is 2. The third kappa shape index (κ3) is 3.47. The fourth-order valence-electron chi connectivity index (χ4n) is 11.5. The summed E-state index contributed by atoms with van der Waals surface area (Å²) in [7, 11) is 0. The second-order valence-electron chi connectivity index (χ2n) is 16.5. The number of hydrogen-bond donors (Lipinski definition) is 0. The Balaban J connectivity index is 0.993. The van der Waals surface area contributed by atoms with E-state index >= 15 is 0 Å². The van der Waals surface area contributed by atoms with Crippen LogP contribution in [-0.4, -0.2) is 8.97 Å². The topological polar surface area (TPSA) is 35.6 Å². The highest BCUT2D eigenvalue weighted by atomic mass is 16.3. The van der Waals surface area contributed by atoms with Gasteiger partial charge in [-0.25, -0.2) is 0 Å². The number of allylic oxidation sites excluding steroid dienone is 2. The minimum absolute atomic E-state index is 0.251. The first-order valence-electron chi connectivity index (χ1n) is 20.5. The van der Waals surface area contributed by atoms with Crippen LogP contribution in [0.3, 0.4) is 0 Å². The molecule has 4 nitrogen and oxygen atoms in total. The van der Waals surface area contributed by atoms with Crippen LogP contribution in [0, 0.1) is 0 Å². The standard InChI is InChI=1S/C54H32N2O2/c1-5-19-43-39(13-1)49-31(37-17-9-15-35-29-11-3-7-21-47(29)57-53(35)37)23-25-33-41-28-46-42(27-45(41)55(43)51(33)49)34-26-24-32(50-40-14-2-6-20-44(40)56(46)52(34)50)38-18-10-16-36-30-12-4-8-22-48(30)58-54(36)38/h1-3,5-11,13-25,27-28,34H,4,12,26H2/t34-/m1/s1. The molecule has 270 valence electrons. The number of rotatable bonds is 2. The SMILES string of the molecule is C1=Cc2oc3c(C4=CC[C@@H]5c6cc7c(cc6-n6c5c4c4ccccc46)c4ccc(-c5cccc6c5oc5ccccc56)c5c6ccccc6n7c45)cccc3c2CC1. The second kappa shape index (κ2) is 10.4. The lowest BCUT2D eigenvalue weighted by atomic mass is 9.81. The zero-order valence-corrected chi connectivity index (χ0v) is 31.3. The van der Waals surface area contributed by atoms with Gasteiger partial charge in [0, 0.05) is 77.0 Å². The number of para-hydroxylation sites is 5. The molecule has 4 heteroatoms. The molecule has 0 saturated heterocycles. The molecule has 0 spiro atoms. The summed E-state index contributed by atoms with van der Waals surface area (Å²) >= 11 is 0.